The Morgan fingerprint density at radius 3 is 2.51 bits per heavy atom. The predicted octanol–water partition coefficient (Wildman–Crippen LogP) is -0.230. The van der Waals surface area contributed by atoms with Crippen LogP contribution < -0.4 is 21.1 Å². The molecule has 0 aliphatic carbocycles. The molecule has 0 saturated carbocycles. The number of piperidine rings is 1. The van der Waals surface area contributed by atoms with Gasteiger partial charge in [-0.05, 0) is 37.9 Å². The summed E-state index contributed by atoms with van der Waals surface area (Å²) in [4.78, 5) is 74.5. The van der Waals surface area contributed by atoms with Crippen molar-refractivity contribution >= 4 is 35.5 Å². The highest BCUT2D eigenvalue weighted by atomic mass is 19.4. The summed E-state index contributed by atoms with van der Waals surface area (Å²) in [6, 6.07) is 2.17. The van der Waals surface area contributed by atoms with E-state index < -0.39 is 65.3 Å². The summed E-state index contributed by atoms with van der Waals surface area (Å²) in [6.07, 6.45) is -7.37. The van der Waals surface area contributed by atoms with Gasteiger partial charge < -0.3 is 25.3 Å². The molecule has 0 radical (unpaired) electrons. The van der Waals surface area contributed by atoms with Crippen LogP contribution in [0, 0.1) is 0 Å². The van der Waals surface area contributed by atoms with Gasteiger partial charge in [-0.1, -0.05) is 6.07 Å². The van der Waals surface area contributed by atoms with E-state index in [0.29, 0.717) is 24.5 Å². The number of rotatable bonds is 12. The minimum absolute atomic E-state index is 0.0848. The molecule has 2 atom stereocenters. The fourth-order valence-electron chi connectivity index (χ4n) is 3.75. The van der Waals surface area contributed by atoms with Crippen molar-refractivity contribution in [3.63, 3.8) is 0 Å². The maximum absolute atomic E-state index is 13.2. The number of carbonyl (C=O) groups is 6. The molecule has 2 aliphatic rings. The lowest BCUT2D eigenvalue weighted by Crippen LogP contribution is -2.54. The van der Waals surface area contributed by atoms with E-state index in [9.17, 15) is 41.9 Å². The van der Waals surface area contributed by atoms with Crippen molar-refractivity contribution in [2.75, 3.05) is 26.3 Å². The van der Waals surface area contributed by atoms with Crippen LogP contribution in [0.4, 0.5) is 13.2 Å². The number of esters is 1. The Bertz CT molecular complexity index is 1160. The number of amides is 5. The Morgan fingerprint density at radius 1 is 1.13 bits per heavy atom. The number of nitrogens with zero attached hydrogens (tertiary/aromatic N) is 1. The van der Waals surface area contributed by atoms with E-state index in [1.807, 2.05) is 5.32 Å². The minimum atomic E-state index is -5.47. The van der Waals surface area contributed by atoms with Gasteiger partial charge >= 0.3 is 24.3 Å². The molecule has 2 unspecified atom stereocenters. The summed E-state index contributed by atoms with van der Waals surface area (Å²) in [5, 5.41) is 4.27. The van der Waals surface area contributed by atoms with E-state index in [2.05, 4.69) is 10.1 Å². The first kappa shape index (κ1) is 29.5. The highest BCUT2D eigenvalue weighted by Gasteiger charge is 2.47. The number of benzene rings is 1. The Morgan fingerprint density at radius 2 is 1.85 bits per heavy atom. The third-order valence-corrected chi connectivity index (χ3v) is 5.58. The number of nitrogens with one attached hydrogen (secondary N) is 2. The lowest BCUT2D eigenvalue weighted by atomic mass is 10.0. The van der Waals surface area contributed by atoms with E-state index in [1.54, 1.807) is 0 Å². The largest absolute Gasteiger partial charge is 0.491 e. The van der Waals surface area contributed by atoms with Crippen LogP contribution in [0.1, 0.15) is 46.4 Å². The van der Waals surface area contributed by atoms with Gasteiger partial charge in [0.2, 0.25) is 11.8 Å². The fraction of sp³-hybridized carbons (Fsp3) is 0.478. The third-order valence-electron chi connectivity index (χ3n) is 5.58. The van der Waals surface area contributed by atoms with Crippen LogP contribution >= 0.6 is 0 Å². The number of imide groups is 2. The van der Waals surface area contributed by atoms with Crippen LogP contribution in [0.2, 0.25) is 0 Å². The van der Waals surface area contributed by atoms with Crippen LogP contribution in [0.15, 0.2) is 18.2 Å². The van der Waals surface area contributed by atoms with Gasteiger partial charge in [0, 0.05) is 26.2 Å². The molecule has 3 rings (SSSR count). The molecule has 1 aromatic carbocycles. The second-order valence-electron chi connectivity index (χ2n) is 8.38. The predicted molar refractivity (Wildman–Crippen MR) is 122 cm³/mol. The molecule has 0 aromatic heterocycles. The molecule has 4 N–H and O–H groups in total. The standard InChI is InChI=1S/C23H25F3N4O9/c24-23(25,26)22(36)39-21(18(33)28-9-3-11-37-10-2-8-27)38-14-5-1-4-12-16(14)20(35)30(19(12)34)13-6-7-15(31)29-17(13)32/h1,4-5,13,21H,2-3,6-11,27H2,(H,28,33)(H,29,31,32). The molecular formula is C23H25F3N4O9. The Labute approximate surface area is 219 Å². The molecule has 13 nitrogen and oxygen atoms in total. The lowest BCUT2D eigenvalue weighted by molar-refractivity contribution is -0.216. The molecule has 39 heavy (non-hydrogen) atoms. The molecule has 212 valence electrons. The summed E-state index contributed by atoms with van der Waals surface area (Å²) in [7, 11) is 0. The summed E-state index contributed by atoms with van der Waals surface area (Å²) >= 11 is 0. The van der Waals surface area contributed by atoms with E-state index in [-0.39, 0.29) is 38.0 Å². The molecule has 5 amide bonds. The Balaban J connectivity index is 1.78. The molecule has 2 aliphatic heterocycles. The second kappa shape index (κ2) is 12.7. The first-order valence-electron chi connectivity index (χ1n) is 11.8. The Hall–Kier alpha value is -4.05. The summed E-state index contributed by atoms with van der Waals surface area (Å²) in [5.74, 6) is -7.97. The van der Waals surface area contributed by atoms with Gasteiger partial charge in [0.15, 0.2) is 0 Å². The molecule has 2 heterocycles. The van der Waals surface area contributed by atoms with Crippen molar-refractivity contribution in [2.45, 2.75) is 44.2 Å². The zero-order chi connectivity index (χ0) is 28.7. The number of hydrogen-bond donors (Lipinski definition) is 3. The van der Waals surface area contributed by atoms with Crippen molar-refractivity contribution in [3.05, 3.63) is 29.3 Å². The highest BCUT2D eigenvalue weighted by Crippen LogP contribution is 2.34. The van der Waals surface area contributed by atoms with Crippen LogP contribution in [-0.2, 0) is 28.7 Å². The summed E-state index contributed by atoms with van der Waals surface area (Å²) in [5.41, 5.74) is 4.62. The highest BCUT2D eigenvalue weighted by molar-refractivity contribution is 6.24. The average Bonchev–Trinajstić information content (AvgIpc) is 3.13. The number of carbonyl (C=O) groups excluding carboxylic acids is 6. The number of alkyl halides is 3. The number of halogens is 3. The number of ether oxygens (including phenoxy) is 3. The maximum atomic E-state index is 13.2. The van der Waals surface area contributed by atoms with Crippen LogP contribution in [-0.4, -0.2) is 85.2 Å². The van der Waals surface area contributed by atoms with Crippen molar-refractivity contribution in [3.8, 4) is 5.75 Å². The van der Waals surface area contributed by atoms with Gasteiger partial charge in [0.25, 0.3) is 11.8 Å². The summed E-state index contributed by atoms with van der Waals surface area (Å²) in [6.45, 7) is 0.912. The van der Waals surface area contributed by atoms with Crippen molar-refractivity contribution in [2.24, 2.45) is 5.73 Å². The van der Waals surface area contributed by atoms with Gasteiger partial charge in [-0.25, -0.2) is 4.79 Å². The first-order chi connectivity index (χ1) is 18.5. The number of nitrogens with two attached hydrogens (primary N) is 1. The van der Waals surface area contributed by atoms with Gasteiger partial charge in [-0.2, -0.15) is 13.2 Å². The topological polar surface area (TPSA) is 183 Å². The zero-order valence-electron chi connectivity index (χ0n) is 20.4. The molecular weight excluding hydrogens is 533 g/mol. The van der Waals surface area contributed by atoms with Crippen molar-refractivity contribution in [1.29, 1.82) is 0 Å². The van der Waals surface area contributed by atoms with Crippen LogP contribution in [0.5, 0.6) is 5.75 Å². The third kappa shape index (κ3) is 7.08. The van der Waals surface area contributed by atoms with Crippen LogP contribution in [0.3, 0.4) is 0 Å². The first-order valence-corrected chi connectivity index (χ1v) is 11.8. The van der Waals surface area contributed by atoms with E-state index >= 15 is 0 Å². The van der Waals surface area contributed by atoms with Crippen molar-refractivity contribution in [1.82, 2.24) is 15.5 Å². The smallest absolute Gasteiger partial charge is 0.445 e. The van der Waals surface area contributed by atoms with Crippen LogP contribution in [0.25, 0.3) is 0 Å². The number of fused-ring (bicyclic) bond motifs is 1. The average molecular weight is 558 g/mol. The lowest BCUT2D eigenvalue weighted by Gasteiger charge is -2.27. The quantitative estimate of drug-likeness (QED) is 0.134. The summed E-state index contributed by atoms with van der Waals surface area (Å²) < 4.78 is 53.3. The molecule has 16 heteroatoms. The van der Waals surface area contributed by atoms with E-state index in [4.69, 9.17) is 15.2 Å². The SMILES string of the molecule is NCCCOCCCNC(=O)C(OC(=O)C(F)(F)F)Oc1cccc2c1C(=O)N(C1CCC(=O)NC1=O)C2=O. The molecule has 1 aromatic rings. The monoisotopic (exact) mass is 558 g/mol. The fourth-order valence-corrected chi connectivity index (χ4v) is 3.75. The van der Waals surface area contributed by atoms with Gasteiger partial charge in [-0.15, -0.1) is 0 Å². The Kier molecular flexibility index (Phi) is 9.58. The normalized spacial score (nSPS) is 17.9. The van der Waals surface area contributed by atoms with Crippen molar-refractivity contribution < 1.29 is 56.1 Å². The molecule has 1 saturated heterocycles. The molecule has 0 spiro atoms. The maximum Gasteiger partial charge on any atom is 0.491 e. The van der Waals surface area contributed by atoms with E-state index in [0.717, 1.165) is 6.07 Å². The second-order valence-corrected chi connectivity index (χ2v) is 8.38. The molecule has 1 fully saturated rings. The zero-order valence-corrected chi connectivity index (χ0v) is 20.4. The number of hydrogen-bond acceptors (Lipinski definition) is 10. The van der Waals surface area contributed by atoms with Gasteiger partial charge in [0.1, 0.15) is 11.8 Å². The molecule has 0 bridgehead atoms. The minimum Gasteiger partial charge on any atom is -0.445 e. The van der Waals surface area contributed by atoms with Gasteiger partial charge in [-0.3, -0.25) is 34.2 Å². The van der Waals surface area contributed by atoms with Gasteiger partial charge in [0.05, 0.1) is 11.1 Å². The van der Waals surface area contributed by atoms with E-state index in [1.165, 1.54) is 12.1 Å².